The SMILES string of the molecule is Cc1ccc(-c2c(C3c4ccccc4C(=O)N3c3ccc(C)cc3)c3ccccc3n2C)cc1. The maximum atomic E-state index is 13.8. The predicted octanol–water partition coefficient (Wildman–Crippen LogP) is 7.21. The number of nitrogens with zero attached hydrogens (tertiary/aromatic N) is 2. The van der Waals surface area contributed by atoms with Gasteiger partial charge in [-0.3, -0.25) is 9.69 Å². The van der Waals surface area contributed by atoms with Crippen molar-refractivity contribution >= 4 is 22.5 Å². The highest BCUT2D eigenvalue weighted by atomic mass is 16.2. The smallest absolute Gasteiger partial charge is 0.259 e. The second kappa shape index (κ2) is 7.74. The topological polar surface area (TPSA) is 25.2 Å². The van der Waals surface area contributed by atoms with E-state index in [-0.39, 0.29) is 11.9 Å². The molecule has 3 nitrogen and oxygen atoms in total. The molecule has 0 saturated carbocycles. The molecule has 0 aliphatic carbocycles. The number of para-hydroxylation sites is 1. The molecule has 0 saturated heterocycles. The van der Waals surface area contributed by atoms with Crippen LogP contribution in [-0.4, -0.2) is 10.5 Å². The minimum atomic E-state index is -0.214. The Morgan fingerprint density at radius 3 is 2.06 bits per heavy atom. The molecule has 1 aliphatic rings. The lowest BCUT2D eigenvalue weighted by molar-refractivity contribution is 0.0993. The fraction of sp³-hybridized carbons (Fsp3) is 0.129. The number of amides is 1. The Morgan fingerprint density at radius 2 is 1.32 bits per heavy atom. The second-order valence-electron chi connectivity index (χ2n) is 9.20. The lowest BCUT2D eigenvalue weighted by Crippen LogP contribution is -2.28. The van der Waals surface area contributed by atoms with Crippen LogP contribution in [0, 0.1) is 13.8 Å². The zero-order chi connectivity index (χ0) is 23.4. The van der Waals surface area contributed by atoms with Gasteiger partial charge in [0, 0.05) is 34.8 Å². The van der Waals surface area contributed by atoms with Crippen molar-refractivity contribution in [2.45, 2.75) is 19.9 Å². The lowest BCUT2D eigenvalue weighted by atomic mass is 9.92. The zero-order valence-corrected chi connectivity index (χ0v) is 19.6. The number of hydrogen-bond acceptors (Lipinski definition) is 1. The molecule has 4 aromatic carbocycles. The molecule has 1 atom stereocenters. The third-order valence-corrected chi connectivity index (χ3v) is 7.02. The number of fused-ring (bicyclic) bond motifs is 2. The maximum Gasteiger partial charge on any atom is 0.259 e. The van der Waals surface area contributed by atoms with Crippen molar-refractivity contribution in [3.05, 3.63) is 125 Å². The Balaban J connectivity index is 1.69. The first-order valence-corrected chi connectivity index (χ1v) is 11.7. The molecule has 6 rings (SSSR count). The van der Waals surface area contributed by atoms with Gasteiger partial charge in [-0.2, -0.15) is 0 Å². The number of aryl methyl sites for hydroxylation is 3. The summed E-state index contributed by atoms with van der Waals surface area (Å²) in [6.07, 6.45) is 0. The van der Waals surface area contributed by atoms with Gasteiger partial charge >= 0.3 is 0 Å². The second-order valence-corrected chi connectivity index (χ2v) is 9.20. The van der Waals surface area contributed by atoms with Crippen LogP contribution in [0.5, 0.6) is 0 Å². The van der Waals surface area contributed by atoms with E-state index in [0.717, 1.165) is 33.6 Å². The van der Waals surface area contributed by atoms with Gasteiger partial charge in [0.05, 0.1) is 11.7 Å². The van der Waals surface area contributed by atoms with E-state index in [1.807, 2.05) is 23.1 Å². The molecule has 0 fully saturated rings. The first-order valence-electron chi connectivity index (χ1n) is 11.7. The molecule has 0 bridgehead atoms. The maximum absolute atomic E-state index is 13.8. The predicted molar refractivity (Wildman–Crippen MR) is 139 cm³/mol. The van der Waals surface area contributed by atoms with Gasteiger partial charge in [0.2, 0.25) is 0 Å². The van der Waals surface area contributed by atoms with Crippen LogP contribution < -0.4 is 4.90 Å². The van der Waals surface area contributed by atoms with Crippen LogP contribution in [0.3, 0.4) is 0 Å². The minimum absolute atomic E-state index is 0.0484. The van der Waals surface area contributed by atoms with Gasteiger partial charge < -0.3 is 4.57 Å². The fourth-order valence-corrected chi connectivity index (χ4v) is 5.33. The molecule has 34 heavy (non-hydrogen) atoms. The van der Waals surface area contributed by atoms with Gasteiger partial charge in [-0.05, 0) is 49.2 Å². The highest BCUT2D eigenvalue weighted by Crippen LogP contribution is 2.48. The van der Waals surface area contributed by atoms with Crippen LogP contribution in [-0.2, 0) is 7.05 Å². The zero-order valence-electron chi connectivity index (χ0n) is 19.6. The Hall–Kier alpha value is -4.11. The van der Waals surface area contributed by atoms with Crippen molar-refractivity contribution in [2.75, 3.05) is 4.90 Å². The number of hydrogen-bond donors (Lipinski definition) is 0. The largest absolute Gasteiger partial charge is 0.343 e. The number of aromatic nitrogens is 1. The van der Waals surface area contributed by atoms with Gasteiger partial charge in [0.25, 0.3) is 5.91 Å². The molecule has 166 valence electrons. The molecule has 1 aliphatic heterocycles. The molecule has 3 heteroatoms. The summed E-state index contributed by atoms with van der Waals surface area (Å²) >= 11 is 0. The van der Waals surface area contributed by atoms with E-state index in [1.54, 1.807) is 0 Å². The van der Waals surface area contributed by atoms with E-state index in [2.05, 4.69) is 104 Å². The number of anilines is 1. The number of carbonyl (C=O) groups excluding carboxylic acids is 1. The molecule has 1 aromatic heterocycles. The van der Waals surface area contributed by atoms with E-state index in [4.69, 9.17) is 0 Å². The average Bonchev–Trinajstić information content (AvgIpc) is 3.31. The number of carbonyl (C=O) groups is 1. The van der Waals surface area contributed by atoms with Gasteiger partial charge in [-0.1, -0.05) is 83.9 Å². The summed E-state index contributed by atoms with van der Waals surface area (Å²) in [7, 11) is 2.12. The highest BCUT2D eigenvalue weighted by Gasteiger charge is 2.41. The fourth-order valence-electron chi connectivity index (χ4n) is 5.33. The third-order valence-electron chi connectivity index (χ3n) is 7.02. The molecule has 1 unspecified atom stereocenters. The van der Waals surface area contributed by atoms with E-state index in [9.17, 15) is 4.79 Å². The van der Waals surface area contributed by atoms with Crippen LogP contribution in [0.25, 0.3) is 22.2 Å². The Morgan fingerprint density at radius 1 is 0.706 bits per heavy atom. The van der Waals surface area contributed by atoms with Crippen molar-refractivity contribution in [1.29, 1.82) is 0 Å². The van der Waals surface area contributed by atoms with Crippen molar-refractivity contribution in [2.24, 2.45) is 7.05 Å². The minimum Gasteiger partial charge on any atom is -0.343 e. The van der Waals surface area contributed by atoms with Crippen LogP contribution in [0.15, 0.2) is 97.1 Å². The van der Waals surface area contributed by atoms with Crippen LogP contribution in [0.2, 0.25) is 0 Å². The summed E-state index contributed by atoms with van der Waals surface area (Å²) < 4.78 is 2.27. The van der Waals surface area contributed by atoms with E-state index < -0.39 is 0 Å². The molecule has 0 radical (unpaired) electrons. The molecular formula is C31H26N2O. The monoisotopic (exact) mass is 442 g/mol. The lowest BCUT2D eigenvalue weighted by Gasteiger charge is -2.27. The normalized spacial score (nSPS) is 15.2. The Kier molecular flexibility index (Phi) is 4.66. The summed E-state index contributed by atoms with van der Waals surface area (Å²) in [5, 5.41) is 1.17. The van der Waals surface area contributed by atoms with Gasteiger partial charge in [-0.25, -0.2) is 0 Å². The first kappa shape index (κ1) is 20.5. The molecular weight excluding hydrogens is 416 g/mol. The molecule has 2 heterocycles. The summed E-state index contributed by atoms with van der Waals surface area (Å²) in [5.74, 6) is 0.0484. The Labute approximate surface area is 199 Å². The highest BCUT2D eigenvalue weighted by molar-refractivity contribution is 6.13. The van der Waals surface area contributed by atoms with Crippen molar-refractivity contribution < 1.29 is 4.79 Å². The summed E-state index contributed by atoms with van der Waals surface area (Å²) in [6.45, 7) is 4.18. The molecule has 5 aromatic rings. The molecule has 0 N–H and O–H groups in total. The van der Waals surface area contributed by atoms with Crippen LogP contribution >= 0.6 is 0 Å². The quantitative estimate of drug-likeness (QED) is 0.290. The van der Waals surface area contributed by atoms with Crippen LogP contribution in [0.4, 0.5) is 5.69 Å². The number of benzene rings is 4. The van der Waals surface area contributed by atoms with E-state index >= 15 is 0 Å². The molecule has 0 spiro atoms. The molecule has 1 amide bonds. The first-order chi connectivity index (χ1) is 16.5. The van der Waals surface area contributed by atoms with Crippen molar-refractivity contribution in [3.63, 3.8) is 0 Å². The summed E-state index contributed by atoms with van der Waals surface area (Å²) in [4.78, 5) is 15.8. The van der Waals surface area contributed by atoms with Crippen molar-refractivity contribution in [1.82, 2.24) is 4.57 Å². The van der Waals surface area contributed by atoms with Gasteiger partial charge in [0.1, 0.15) is 0 Å². The summed E-state index contributed by atoms with van der Waals surface area (Å²) in [6, 6.07) is 33.3. The number of rotatable bonds is 3. The van der Waals surface area contributed by atoms with Crippen molar-refractivity contribution in [3.8, 4) is 11.3 Å². The van der Waals surface area contributed by atoms with E-state index in [0.29, 0.717) is 0 Å². The average molecular weight is 443 g/mol. The van der Waals surface area contributed by atoms with Crippen LogP contribution in [0.1, 0.15) is 38.7 Å². The standard InChI is InChI=1S/C31H26N2O/c1-20-12-16-22(17-13-20)29-28(26-10-6-7-11-27(26)32(29)3)30-24-8-4-5-9-25(24)31(34)33(30)23-18-14-21(2)15-19-23/h4-19,30H,1-3H3. The van der Waals surface area contributed by atoms with Gasteiger partial charge in [0.15, 0.2) is 0 Å². The summed E-state index contributed by atoms with van der Waals surface area (Å²) in [5.41, 5.74) is 9.78. The van der Waals surface area contributed by atoms with Gasteiger partial charge in [-0.15, -0.1) is 0 Å². The third kappa shape index (κ3) is 3.01. The van der Waals surface area contributed by atoms with E-state index in [1.165, 1.54) is 22.1 Å². The Bertz CT molecular complexity index is 1540.